The molecule has 0 spiro atoms. The highest BCUT2D eigenvalue weighted by atomic mass is 19.1. The van der Waals surface area contributed by atoms with Crippen LogP contribution in [0.3, 0.4) is 0 Å². The fourth-order valence-corrected chi connectivity index (χ4v) is 3.26. The molecule has 134 valence electrons. The Kier molecular flexibility index (Phi) is 5.37. The predicted octanol–water partition coefficient (Wildman–Crippen LogP) is 2.29. The smallest absolute Gasteiger partial charge is 0.290 e. The van der Waals surface area contributed by atoms with E-state index >= 15 is 0 Å². The minimum atomic E-state index is -0.724. The van der Waals surface area contributed by atoms with Gasteiger partial charge in [0.15, 0.2) is 0 Å². The summed E-state index contributed by atoms with van der Waals surface area (Å²) in [5, 5.41) is 3.52. The van der Waals surface area contributed by atoms with E-state index in [0.29, 0.717) is 31.2 Å². The number of carbonyl (C=O) groups excluding carboxylic acids is 1. The number of halogens is 2. The summed E-state index contributed by atoms with van der Waals surface area (Å²) in [6.07, 6.45) is 3.10. The number of hydrogen-bond donors (Lipinski definition) is 1. The van der Waals surface area contributed by atoms with E-state index in [-0.39, 0.29) is 11.4 Å². The van der Waals surface area contributed by atoms with E-state index in [1.807, 2.05) is 0 Å². The van der Waals surface area contributed by atoms with Crippen LogP contribution < -0.4 is 5.73 Å². The van der Waals surface area contributed by atoms with E-state index in [9.17, 15) is 13.6 Å². The summed E-state index contributed by atoms with van der Waals surface area (Å²) in [7, 11) is 0. The first-order valence-corrected chi connectivity index (χ1v) is 8.30. The van der Waals surface area contributed by atoms with E-state index in [2.05, 4.69) is 15.0 Å². The molecule has 2 N–H and O–H groups in total. The summed E-state index contributed by atoms with van der Waals surface area (Å²) >= 11 is 0. The molecule has 8 heteroatoms. The molecule has 0 saturated carbocycles. The van der Waals surface area contributed by atoms with Crippen molar-refractivity contribution < 1.29 is 18.1 Å². The third-order valence-electron chi connectivity index (χ3n) is 4.51. The fourth-order valence-electron chi connectivity index (χ4n) is 3.26. The Bertz CT molecular complexity index is 730. The van der Waals surface area contributed by atoms with Crippen molar-refractivity contribution in [2.75, 3.05) is 13.1 Å². The number of nitrogens with two attached hydrogens (primary N) is 1. The largest absolute Gasteiger partial charge is 0.363 e. The number of carbonyl (C=O) groups is 1. The molecule has 3 rings (SSSR count). The molecule has 0 bridgehead atoms. The van der Waals surface area contributed by atoms with Gasteiger partial charge in [-0.15, -0.1) is 0 Å². The lowest BCUT2D eigenvalue weighted by molar-refractivity contribution is 0.0987. The Balaban J connectivity index is 1.55. The fraction of sp³-hybridized carbons (Fsp3) is 0.471. The number of aromatic nitrogens is 2. The van der Waals surface area contributed by atoms with E-state index < -0.39 is 17.5 Å². The minimum Gasteiger partial charge on any atom is -0.363 e. The zero-order chi connectivity index (χ0) is 17.8. The molecule has 25 heavy (non-hydrogen) atoms. The number of hydrogen-bond acceptors (Lipinski definition) is 5. The molecule has 1 saturated heterocycles. The van der Waals surface area contributed by atoms with Crippen molar-refractivity contribution in [1.29, 1.82) is 0 Å². The molecule has 1 aliphatic rings. The van der Waals surface area contributed by atoms with Crippen molar-refractivity contribution in [2.24, 2.45) is 11.7 Å². The van der Waals surface area contributed by atoms with Gasteiger partial charge in [0.25, 0.3) is 11.7 Å². The van der Waals surface area contributed by atoms with E-state index in [0.717, 1.165) is 25.9 Å². The summed E-state index contributed by atoms with van der Waals surface area (Å²) < 4.78 is 32.5. The van der Waals surface area contributed by atoms with Gasteiger partial charge in [0, 0.05) is 12.1 Å². The van der Waals surface area contributed by atoms with Crippen molar-refractivity contribution in [3.05, 3.63) is 47.1 Å². The summed E-state index contributed by atoms with van der Waals surface area (Å²) in [6.45, 7) is 2.09. The second-order valence-corrected chi connectivity index (χ2v) is 6.36. The number of primary amides is 1. The summed E-state index contributed by atoms with van der Waals surface area (Å²) in [5.74, 6) is -1.15. The Morgan fingerprint density at radius 2 is 2.12 bits per heavy atom. The van der Waals surface area contributed by atoms with E-state index in [1.54, 1.807) is 0 Å². The highest BCUT2D eigenvalue weighted by Crippen LogP contribution is 2.24. The van der Waals surface area contributed by atoms with Crippen LogP contribution in [0, 0.1) is 17.6 Å². The highest BCUT2D eigenvalue weighted by molar-refractivity contribution is 5.88. The van der Waals surface area contributed by atoms with Gasteiger partial charge in [-0.25, -0.2) is 8.78 Å². The van der Waals surface area contributed by atoms with Crippen LogP contribution in [0.4, 0.5) is 8.78 Å². The van der Waals surface area contributed by atoms with Crippen LogP contribution in [0.15, 0.2) is 22.7 Å². The molecule has 2 heterocycles. The third kappa shape index (κ3) is 4.39. The van der Waals surface area contributed by atoms with E-state index in [1.165, 1.54) is 18.2 Å². The third-order valence-corrected chi connectivity index (χ3v) is 4.51. The summed E-state index contributed by atoms with van der Waals surface area (Å²) in [6, 6.07) is 3.95. The van der Waals surface area contributed by atoms with Gasteiger partial charge in [-0.1, -0.05) is 11.2 Å². The van der Waals surface area contributed by atoms with Crippen LogP contribution in [-0.2, 0) is 13.0 Å². The van der Waals surface area contributed by atoms with Gasteiger partial charge in [-0.2, -0.15) is 4.98 Å². The SMILES string of the molecule is NC(=O)c1noc(CN2CCCC(CCc3c(F)cccc3F)C2)n1. The molecule has 0 aliphatic carbocycles. The van der Waals surface area contributed by atoms with Crippen LogP contribution in [0.1, 0.15) is 41.3 Å². The average molecular weight is 350 g/mol. The maximum Gasteiger partial charge on any atom is 0.290 e. The molecular formula is C17H20F2N4O2. The Labute approximate surface area is 144 Å². The normalized spacial score (nSPS) is 18.4. The van der Waals surface area contributed by atoms with Crippen molar-refractivity contribution in [2.45, 2.75) is 32.2 Å². The number of amides is 1. The lowest BCUT2D eigenvalue weighted by Gasteiger charge is -2.31. The molecule has 0 radical (unpaired) electrons. The van der Waals surface area contributed by atoms with Crippen LogP contribution in [0.25, 0.3) is 0 Å². The van der Waals surface area contributed by atoms with Gasteiger partial charge >= 0.3 is 0 Å². The second kappa shape index (κ2) is 7.69. The number of benzene rings is 1. The predicted molar refractivity (Wildman–Crippen MR) is 85.5 cm³/mol. The lowest BCUT2D eigenvalue weighted by Crippen LogP contribution is -2.35. The zero-order valence-corrected chi connectivity index (χ0v) is 13.8. The molecule has 2 aromatic rings. The number of rotatable bonds is 6. The van der Waals surface area contributed by atoms with E-state index in [4.69, 9.17) is 10.3 Å². The monoisotopic (exact) mass is 350 g/mol. The quantitative estimate of drug-likeness (QED) is 0.864. The molecule has 6 nitrogen and oxygen atoms in total. The summed E-state index contributed by atoms with van der Waals surface area (Å²) in [5.41, 5.74) is 5.26. The van der Waals surface area contributed by atoms with Gasteiger partial charge in [0.2, 0.25) is 5.89 Å². The maximum absolute atomic E-state index is 13.7. The molecular weight excluding hydrogens is 330 g/mol. The van der Waals surface area contributed by atoms with Crippen molar-refractivity contribution in [1.82, 2.24) is 15.0 Å². The van der Waals surface area contributed by atoms with Gasteiger partial charge in [-0.3, -0.25) is 9.69 Å². The first-order chi connectivity index (χ1) is 12.0. The molecule has 1 unspecified atom stereocenters. The minimum absolute atomic E-state index is 0.126. The Morgan fingerprint density at radius 1 is 1.36 bits per heavy atom. The van der Waals surface area contributed by atoms with Crippen LogP contribution in [0.5, 0.6) is 0 Å². The first kappa shape index (κ1) is 17.5. The second-order valence-electron chi connectivity index (χ2n) is 6.36. The molecule has 1 fully saturated rings. The Hall–Kier alpha value is -2.35. The lowest BCUT2D eigenvalue weighted by atomic mass is 9.91. The van der Waals surface area contributed by atoms with Gasteiger partial charge in [0.05, 0.1) is 6.54 Å². The first-order valence-electron chi connectivity index (χ1n) is 8.30. The molecule has 1 aliphatic heterocycles. The molecule has 1 atom stereocenters. The van der Waals surface area contributed by atoms with Crippen molar-refractivity contribution in [3.8, 4) is 0 Å². The molecule has 1 aromatic carbocycles. The Morgan fingerprint density at radius 3 is 2.80 bits per heavy atom. The van der Waals surface area contributed by atoms with Crippen LogP contribution in [0.2, 0.25) is 0 Å². The highest BCUT2D eigenvalue weighted by Gasteiger charge is 2.23. The molecule has 1 aromatic heterocycles. The molecule has 1 amide bonds. The van der Waals surface area contributed by atoms with Crippen molar-refractivity contribution in [3.63, 3.8) is 0 Å². The van der Waals surface area contributed by atoms with Gasteiger partial charge in [-0.05, 0) is 50.3 Å². The summed E-state index contributed by atoms with van der Waals surface area (Å²) in [4.78, 5) is 17.1. The number of likely N-dealkylation sites (tertiary alicyclic amines) is 1. The standard InChI is InChI=1S/C17H20F2N4O2/c18-13-4-1-5-14(19)12(13)7-6-11-3-2-8-23(9-11)10-15-21-17(16(20)24)22-25-15/h1,4-5,11H,2-3,6-10H2,(H2,20,24). The van der Waals surface area contributed by atoms with Crippen LogP contribution in [-0.4, -0.2) is 34.0 Å². The number of piperidine rings is 1. The topological polar surface area (TPSA) is 85.2 Å². The average Bonchev–Trinajstić information content (AvgIpc) is 3.03. The van der Waals surface area contributed by atoms with Gasteiger partial charge in [0.1, 0.15) is 11.6 Å². The maximum atomic E-state index is 13.7. The van der Waals surface area contributed by atoms with Crippen molar-refractivity contribution >= 4 is 5.91 Å². The van der Waals surface area contributed by atoms with Gasteiger partial charge < -0.3 is 10.3 Å². The van der Waals surface area contributed by atoms with Crippen LogP contribution >= 0.6 is 0 Å². The number of nitrogens with zero attached hydrogens (tertiary/aromatic N) is 3. The zero-order valence-electron chi connectivity index (χ0n) is 13.8.